The molecule has 1 heterocycles. The van der Waals surface area contributed by atoms with Gasteiger partial charge in [-0.1, -0.05) is 12.5 Å². The van der Waals surface area contributed by atoms with E-state index in [0.717, 1.165) is 11.3 Å². The zero-order valence-electron chi connectivity index (χ0n) is 12.1. The van der Waals surface area contributed by atoms with Gasteiger partial charge in [-0.2, -0.15) is 13.2 Å². The summed E-state index contributed by atoms with van der Waals surface area (Å²) in [6.45, 7) is 0. The molecule has 0 bridgehead atoms. The summed E-state index contributed by atoms with van der Waals surface area (Å²) in [6, 6.07) is 5.55. The topological polar surface area (TPSA) is 29.1 Å². The average Bonchev–Trinajstić information content (AvgIpc) is 2.92. The Morgan fingerprint density at radius 3 is 2.74 bits per heavy atom. The fraction of sp³-hybridized carbons (Fsp3) is 0.438. The lowest BCUT2D eigenvalue weighted by Gasteiger charge is -2.30. The smallest absolute Gasteiger partial charge is 0.349 e. The predicted octanol–water partition coefficient (Wildman–Crippen LogP) is 4.89. The summed E-state index contributed by atoms with van der Waals surface area (Å²) in [5, 5.41) is 3.03. The van der Waals surface area contributed by atoms with Gasteiger partial charge in [0.2, 0.25) is 0 Å². The molecular formula is C16H15F4NOS. The predicted molar refractivity (Wildman–Crippen MR) is 81.1 cm³/mol. The van der Waals surface area contributed by atoms with Crippen molar-refractivity contribution >= 4 is 27.3 Å². The van der Waals surface area contributed by atoms with Gasteiger partial charge < -0.3 is 5.32 Å². The van der Waals surface area contributed by atoms with Gasteiger partial charge in [0, 0.05) is 16.1 Å². The maximum absolute atomic E-state index is 13.7. The van der Waals surface area contributed by atoms with Gasteiger partial charge >= 0.3 is 6.18 Å². The lowest BCUT2D eigenvalue weighted by atomic mass is 9.85. The van der Waals surface area contributed by atoms with Gasteiger partial charge in [0.1, 0.15) is 5.82 Å². The molecule has 0 unspecified atom stereocenters. The highest BCUT2D eigenvalue weighted by Crippen LogP contribution is 2.37. The van der Waals surface area contributed by atoms with Crippen molar-refractivity contribution in [3.63, 3.8) is 0 Å². The summed E-state index contributed by atoms with van der Waals surface area (Å²) in [5.41, 5.74) is 0. The normalized spacial score (nSPS) is 22.3. The van der Waals surface area contributed by atoms with Crippen molar-refractivity contribution in [3.05, 3.63) is 35.0 Å². The molecule has 2 aromatic rings. The summed E-state index contributed by atoms with van der Waals surface area (Å²) in [7, 11) is 0. The van der Waals surface area contributed by atoms with Gasteiger partial charge in [0.05, 0.1) is 10.8 Å². The molecule has 2 atom stereocenters. The molecule has 1 fully saturated rings. The average molecular weight is 345 g/mol. The number of carbonyl (C=O) groups excluding carboxylic acids is 1. The lowest BCUT2D eigenvalue weighted by Crippen LogP contribution is -2.41. The van der Waals surface area contributed by atoms with Crippen LogP contribution in [0.3, 0.4) is 0 Å². The van der Waals surface area contributed by atoms with E-state index in [1.807, 2.05) is 0 Å². The zero-order chi connectivity index (χ0) is 16.6. The first kappa shape index (κ1) is 16.2. The second kappa shape index (κ2) is 6.11. The minimum absolute atomic E-state index is 0.0888. The number of benzene rings is 1. The van der Waals surface area contributed by atoms with Crippen molar-refractivity contribution in [2.75, 3.05) is 0 Å². The SMILES string of the molecule is O=C(N[C@@H]1CCC[C@@H](C(F)(F)F)C1)c1cc2c(F)cccc2s1. The third kappa shape index (κ3) is 3.49. The molecule has 1 N–H and O–H groups in total. The Morgan fingerprint density at radius 1 is 1.26 bits per heavy atom. The quantitative estimate of drug-likeness (QED) is 0.772. The van der Waals surface area contributed by atoms with E-state index >= 15 is 0 Å². The van der Waals surface area contributed by atoms with Crippen molar-refractivity contribution in [1.29, 1.82) is 0 Å². The first-order chi connectivity index (χ1) is 10.8. The second-order valence-corrected chi connectivity index (χ2v) is 6.92. The molecule has 124 valence electrons. The van der Waals surface area contributed by atoms with E-state index < -0.39 is 29.9 Å². The van der Waals surface area contributed by atoms with Crippen molar-refractivity contribution in [2.24, 2.45) is 5.92 Å². The first-order valence-electron chi connectivity index (χ1n) is 7.40. The highest BCUT2D eigenvalue weighted by atomic mass is 32.1. The summed E-state index contributed by atoms with van der Waals surface area (Å²) in [4.78, 5) is 12.6. The fourth-order valence-electron chi connectivity index (χ4n) is 3.01. The van der Waals surface area contributed by atoms with E-state index in [-0.39, 0.29) is 12.8 Å². The van der Waals surface area contributed by atoms with Crippen LogP contribution in [0.15, 0.2) is 24.3 Å². The molecule has 1 aliphatic rings. The van der Waals surface area contributed by atoms with Gasteiger partial charge in [-0.05, 0) is 37.5 Å². The standard InChI is InChI=1S/C16H15F4NOS/c17-12-5-2-6-13-11(12)8-14(23-13)15(22)21-10-4-1-3-9(7-10)16(18,19)20/h2,5-6,8-10H,1,3-4,7H2,(H,21,22)/t9-,10-/m1/s1. The van der Waals surface area contributed by atoms with Crippen molar-refractivity contribution in [1.82, 2.24) is 5.32 Å². The van der Waals surface area contributed by atoms with Crippen LogP contribution in [0, 0.1) is 11.7 Å². The molecule has 1 aromatic heterocycles. The van der Waals surface area contributed by atoms with E-state index in [1.54, 1.807) is 12.1 Å². The van der Waals surface area contributed by atoms with E-state index in [4.69, 9.17) is 0 Å². The Bertz CT molecular complexity index is 724. The molecule has 0 saturated heterocycles. The molecule has 0 spiro atoms. The highest BCUT2D eigenvalue weighted by molar-refractivity contribution is 7.20. The fourth-order valence-corrected chi connectivity index (χ4v) is 3.99. The van der Waals surface area contributed by atoms with Crippen LogP contribution in [0.1, 0.15) is 35.4 Å². The number of carbonyl (C=O) groups is 1. The maximum Gasteiger partial charge on any atom is 0.391 e. The summed E-state index contributed by atoms with van der Waals surface area (Å²) >= 11 is 1.14. The number of nitrogens with one attached hydrogen (secondary N) is 1. The number of amides is 1. The molecule has 1 aliphatic carbocycles. The van der Waals surface area contributed by atoms with E-state index in [2.05, 4.69) is 5.32 Å². The van der Waals surface area contributed by atoms with Gasteiger partial charge in [0.15, 0.2) is 0 Å². The minimum atomic E-state index is -4.22. The number of hydrogen-bond acceptors (Lipinski definition) is 2. The number of halogens is 4. The van der Waals surface area contributed by atoms with Crippen LogP contribution < -0.4 is 5.32 Å². The van der Waals surface area contributed by atoms with E-state index in [9.17, 15) is 22.4 Å². The molecule has 1 saturated carbocycles. The summed E-state index contributed by atoms with van der Waals surface area (Å²) in [6.07, 6.45) is -3.21. The third-order valence-electron chi connectivity index (χ3n) is 4.20. The Morgan fingerprint density at radius 2 is 2.04 bits per heavy atom. The van der Waals surface area contributed by atoms with Crippen LogP contribution in [-0.4, -0.2) is 18.1 Å². The molecule has 0 radical (unpaired) electrons. The zero-order valence-corrected chi connectivity index (χ0v) is 12.9. The van der Waals surface area contributed by atoms with Gasteiger partial charge in [-0.3, -0.25) is 4.79 Å². The largest absolute Gasteiger partial charge is 0.391 e. The van der Waals surface area contributed by atoms with Crippen LogP contribution in [0.4, 0.5) is 17.6 Å². The molecule has 7 heteroatoms. The molecule has 23 heavy (non-hydrogen) atoms. The summed E-state index contributed by atoms with van der Waals surface area (Å²) < 4.78 is 52.7. The van der Waals surface area contributed by atoms with Crippen molar-refractivity contribution < 1.29 is 22.4 Å². The molecule has 0 aliphatic heterocycles. The molecule has 1 amide bonds. The van der Waals surface area contributed by atoms with E-state index in [0.29, 0.717) is 27.8 Å². The Hall–Kier alpha value is -1.63. The van der Waals surface area contributed by atoms with Gasteiger partial charge in [-0.15, -0.1) is 11.3 Å². The Kier molecular flexibility index (Phi) is 4.31. The van der Waals surface area contributed by atoms with E-state index in [1.165, 1.54) is 12.1 Å². The highest BCUT2D eigenvalue weighted by Gasteiger charge is 2.42. The summed E-state index contributed by atoms with van der Waals surface area (Å²) in [5.74, 6) is -2.20. The molecule has 1 aromatic carbocycles. The van der Waals surface area contributed by atoms with Crippen LogP contribution in [0.5, 0.6) is 0 Å². The maximum atomic E-state index is 13.7. The first-order valence-corrected chi connectivity index (χ1v) is 8.22. The number of alkyl halides is 3. The van der Waals surface area contributed by atoms with Crippen LogP contribution >= 0.6 is 11.3 Å². The Labute approximate surface area is 134 Å². The van der Waals surface area contributed by atoms with Gasteiger partial charge in [-0.25, -0.2) is 4.39 Å². The van der Waals surface area contributed by atoms with Crippen LogP contribution in [0.25, 0.3) is 10.1 Å². The molecule has 2 nitrogen and oxygen atoms in total. The molecular weight excluding hydrogens is 330 g/mol. The van der Waals surface area contributed by atoms with Crippen molar-refractivity contribution in [3.8, 4) is 0 Å². The number of fused-ring (bicyclic) bond motifs is 1. The minimum Gasteiger partial charge on any atom is -0.349 e. The third-order valence-corrected chi connectivity index (χ3v) is 5.30. The Balaban J connectivity index is 1.72. The van der Waals surface area contributed by atoms with Gasteiger partial charge in [0.25, 0.3) is 5.91 Å². The van der Waals surface area contributed by atoms with Crippen LogP contribution in [0.2, 0.25) is 0 Å². The number of rotatable bonds is 2. The monoisotopic (exact) mass is 345 g/mol. The number of thiophene rings is 1. The van der Waals surface area contributed by atoms with Crippen molar-refractivity contribution in [2.45, 2.75) is 37.9 Å². The van der Waals surface area contributed by atoms with Crippen LogP contribution in [-0.2, 0) is 0 Å². The molecule has 3 rings (SSSR count). The number of hydrogen-bond donors (Lipinski definition) is 1. The second-order valence-electron chi connectivity index (χ2n) is 5.84. The lowest BCUT2D eigenvalue weighted by molar-refractivity contribution is -0.183.